The molecule has 2 aromatic carbocycles. The van der Waals surface area contributed by atoms with Crippen LogP contribution in [0.25, 0.3) is 0 Å². The van der Waals surface area contributed by atoms with Gasteiger partial charge in [-0.25, -0.2) is 0 Å². The molecule has 0 heterocycles. The normalized spacial score (nSPS) is 11.8. The first kappa shape index (κ1) is 15.4. The Bertz CT molecular complexity index is 608. The molecule has 2 aromatic rings. The molecule has 0 saturated carbocycles. The van der Waals surface area contributed by atoms with E-state index in [1.54, 1.807) is 43.3 Å². The Morgan fingerprint density at radius 2 is 1.81 bits per heavy atom. The molecule has 4 heteroatoms. The SMILES string of the molecule is CCOc1cccc(OC(C)C(=O)c2ccc(Cl)cc2)c1. The molecule has 0 amide bonds. The topological polar surface area (TPSA) is 35.5 Å². The van der Waals surface area contributed by atoms with Crippen molar-refractivity contribution in [3.05, 3.63) is 59.1 Å². The van der Waals surface area contributed by atoms with Gasteiger partial charge in [0.25, 0.3) is 0 Å². The van der Waals surface area contributed by atoms with Gasteiger partial charge in [0.1, 0.15) is 11.5 Å². The van der Waals surface area contributed by atoms with E-state index in [4.69, 9.17) is 21.1 Å². The van der Waals surface area contributed by atoms with Crippen molar-refractivity contribution in [1.29, 1.82) is 0 Å². The fourth-order valence-corrected chi connectivity index (χ4v) is 2.04. The number of carbonyl (C=O) groups excluding carboxylic acids is 1. The molecule has 2 rings (SSSR count). The molecular formula is C17H17ClO3. The summed E-state index contributed by atoms with van der Waals surface area (Å²) in [6, 6.07) is 14.0. The van der Waals surface area contributed by atoms with Crippen LogP contribution in [0.3, 0.4) is 0 Å². The predicted molar refractivity (Wildman–Crippen MR) is 83.5 cm³/mol. The zero-order valence-electron chi connectivity index (χ0n) is 12.0. The number of rotatable bonds is 6. The van der Waals surface area contributed by atoms with E-state index in [1.807, 2.05) is 19.1 Å². The van der Waals surface area contributed by atoms with Gasteiger partial charge in [-0.3, -0.25) is 4.79 Å². The fourth-order valence-electron chi connectivity index (χ4n) is 1.91. The second-order valence-electron chi connectivity index (χ2n) is 4.54. The summed E-state index contributed by atoms with van der Waals surface area (Å²) in [6.45, 7) is 4.23. The van der Waals surface area contributed by atoms with Crippen molar-refractivity contribution in [3.63, 3.8) is 0 Å². The van der Waals surface area contributed by atoms with Crippen molar-refractivity contribution in [2.75, 3.05) is 6.61 Å². The molecule has 0 spiro atoms. The average molecular weight is 305 g/mol. The smallest absolute Gasteiger partial charge is 0.202 e. The van der Waals surface area contributed by atoms with Crippen molar-refractivity contribution >= 4 is 17.4 Å². The highest BCUT2D eigenvalue weighted by Gasteiger charge is 2.17. The van der Waals surface area contributed by atoms with E-state index in [9.17, 15) is 4.79 Å². The lowest BCUT2D eigenvalue weighted by Gasteiger charge is -2.14. The van der Waals surface area contributed by atoms with E-state index < -0.39 is 6.10 Å². The summed E-state index contributed by atoms with van der Waals surface area (Å²) >= 11 is 5.82. The van der Waals surface area contributed by atoms with Crippen LogP contribution in [0, 0.1) is 0 Å². The van der Waals surface area contributed by atoms with Crippen molar-refractivity contribution < 1.29 is 14.3 Å². The summed E-state index contributed by atoms with van der Waals surface area (Å²) in [6.07, 6.45) is -0.581. The lowest BCUT2D eigenvalue weighted by molar-refractivity contribution is 0.0817. The Labute approximate surface area is 129 Å². The van der Waals surface area contributed by atoms with Gasteiger partial charge in [0, 0.05) is 16.7 Å². The third kappa shape index (κ3) is 4.23. The van der Waals surface area contributed by atoms with Crippen LogP contribution in [0.15, 0.2) is 48.5 Å². The summed E-state index contributed by atoms with van der Waals surface area (Å²) in [5.41, 5.74) is 0.577. The predicted octanol–water partition coefficient (Wildman–Crippen LogP) is 4.39. The second kappa shape index (κ2) is 7.14. The van der Waals surface area contributed by atoms with Crippen molar-refractivity contribution in [3.8, 4) is 11.5 Å². The first-order valence-corrected chi connectivity index (χ1v) is 7.17. The number of ketones is 1. The molecule has 21 heavy (non-hydrogen) atoms. The highest BCUT2D eigenvalue weighted by Crippen LogP contribution is 2.21. The van der Waals surface area contributed by atoms with Gasteiger partial charge in [-0.2, -0.15) is 0 Å². The molecule has 110 valence electrons. The van der Waals surface area contributed by atoms with Gasteiger partial charge < -0.3 is 9.47 Å². The summed E-state index contributed by atoms with van der Waals surface area (Å²) < 4.78 is 11.1. The molecule has 1 atom stereocenters. The molecule has 0 radical (unpaired) electrons. The minimum atomic E-state index is -0.581. The number of Topliss-reactive ketones (excluding diaryl/α,β-unsaturated/α-hetero) is 1. The molecule has 0 aliphatic rings. The molecule has 0 aliphatic carbocycles. The average Bonchev–Trinajstić information content (AvgIpc) is 2.48. The lowest BCUT2D eigenvalue weighted by atomic mass is 10.1. The molecular weight excluding hydrogens is 288 g/mol. The largest absolute Gasteiger partial charge is 0.494 e. The molecule has 0 aromatic heterocycles. The monoisotopic (exact) mass is 304 g/mol. The summed E-state index contributed by atoms with van der Waals surface area (Å²) in [5.74, 6) is 1.24. The third-order valence-corrected chi connectivity index (χ3v) is 3.18. The molecule has 0 fully saturated rings. The van der Waals surface area contributed by atoms with Gasteiger partial charge >= 0.3 is 0 Å². The van der Waals surface area contributed by atoms with Crippen molar-refractivity contribution in [2.45, 2.75) is 20.0 Å². The van der Waals surface area contributed by atoms with Crippen LogP contribution < -0.4 is 9.47 Å². The number of ether oxygens (including phenoxy) is 2. The Morgan fingerprint density at radius 1 is 1.14 bits per heavy atom. The summed E-state index contributed by atoms with van der Waals surface area (Å²) in [5, 5.41) is 0.601. The molecule has 1 unspecified atom stereocenters. The molecule has 0 aliphatic heterocycles. The van der Waals surface area contributed by atoms with Crippen LogP contribution >= 0.6 is 11.6 Å². The minimum Gasteiger partial charge on any atom is -0.494 e. The zero-order chi connectivity index (χ0) is 15.2. The summed E-state index contributed by atoms with van der Waals surface area (Å²) in [4.78, 5) is 12.3. The number of halogens is 1. The van der Waals surface area contributed by atoms with E-state index in [0.29, 0.717) is 22.9 Å². The van der Waals surface area contributed by atoms with Crippen molar-refractivity contribution in [2.24, 2.45) is 0 Å². The van der Waals surface area contributed by atoms with Crippen LogP contribution in [0.5, 0.6) is 11.5 Å². The first-order chi connectivity index (χ1) is 10.1. The van der Waals surface area contributed by atoms with Crippen LogP contribution in [0.2, 0.25) is 5.02 Å². The molecule has 0 N–H and O–H groups in total. The highest BCUT2D eigenvalue weighted by atomic mass is 35.5. The van der Waals surface area contributed by atoms with Crippen LogP contribution in [0.1, 0.15) is 24.2 Å². The maximum Gasteiger partial charge on any atom is 0.202 e. The maximum atomic E-state index is 12.3. The quantitative estimate of drug-likeness (QED) is 0.743. The van der Waals surface area contributed by atoms with E-state index in [1.165, 1.54) is 0 Å². The van der Waals surface area contributed by atoms with Crippen LogP contribution in [-0.2, 0) is 0 Å². The van der Waals surface area contributed by atoms with Gasteiger partial charge in [0.15, 0.2) is 6.10 Å². The fraction of sp³-hybridized carbons (Fsp3) is 0.235. The maximum absolute atomic E-state index is 12.3. The number of carbonyl (C=O) groups is 1. The van der Waals surface area contributed by atoms with E-state index >= 15 is 0 Å². The standard InChI is InChI=1S/C17H17ClO3/c1-3-20-15-5-4-6-16(11-15)21-12(2)17(19)13-7-9-14(18)10-8-13/h4-12H,3H2,1-2H3. The van der Waals surface area contributed by atoms with Gasteiger partial charge in [0.2, 0.25) is 5.78 Å². The Hall–Kier alpha value is -2.00. The molecule has 0 bridgehead atoms. The Kier molecular flexibility index (Phi) is 5.23. The van der Waals surface area contributed by atoms with Crippen molar-refractivity contribution in [1.82, 2.24) is 0 Å². The van der Waals surface area contributed by atoms with Crippen LogP contribution in [-0.4, -0.2) is 18.5 Å². The van der Waals surface area contributed by atoms with E-state index in [2.05, 4.69) is 0 Å². The second-order valence-corrected chi connectivity index (χ2v) is 4.98. The van der Waals surface area contributed by atoms with E-state index in [0.717, 1.165) is 5.75 Å². The third-order valence-electron chi connectivity index (χ3n) is 2.93. The zero-order valence-corrected chi connectivity index (χ0v) is 12.8. The Balaban J connectivity index is 2.06. The van der Waals surface area contributed by atoms with Gasteiger partial charge in [0.05, 0.1) is 6.61 Å². The minimum absolute atomic E-state index is 0.0894. The van der Waals surface area contributed by atoms with Gasteiger partial charge in [-0.05, 0) is 50.2 Å². The van der Waals surface area contributed by atoms with Crippen LogP contribution in [0.4, 0.5) is 0 Å². The highest BCUT2D eigenvalue weighted by molar-refractivity contribution is 6.30. The first-order valence-electron chi connectivity index (χ1n) is 6.79. The molecule has 3 nitrogen and oxygen atoms in total. The molecule has 0 saturated heterocycles. The number of hydrogen-bond acceptors (Lipinski definition) is 3. The van der Waals surface area contributed by atoms with E-state index in [-0.39, 0.29) is 5.78 Å². The lowest BCUT2D eigenvalue weighted by Crippen LogP contribution is -2.23. The van der Waals surface area contributed by atoms with Gasteiger partial charge in [-0.15, -0.1) is 0 Å². The van der Waals surface area contributed by atoms with Gasteiger partial charge in [-0.1, -0.05) is 17.7 Å². The Morgan fingerprint density at radius 3 is 2.48 bits per heavy atom. The number of benzene rings is 2. The number of hydrogen-bond donors (Lipinski definition) is 0. The summed E-state index contributed by atoms with van der Waals surface area (Å²) in [7, 11) is 0.